The number of fused-ring (bicyclic) bond motifs is 3. The molecular weight excluding hydrogens is 735 g/mol. The van der Waals surface area contributed by atoms with Crippen molar-refractivity contribution in [3.05, 3.63) is 84.4 Å². The highest BCUT2D eigenvalue weighted by molar-refractivity contribution is 6.05. The van der Waals surface area contributed by atoms with Crippen molar-refractivity contribution in [1.29, 1.82) is 0 Å². The third kappa shape index (κ3) is 7.45. The molecule has 302 valence electrons. The van der Waals surface area contributed by atoms with Crippen LogP contribution in [-0.4, -0.2) is 94.4 Å². The van der Waals surface area contributed by atoms with Crippen molar-refractivity contribution in [3.8, 4) is 22.4 Å². The predicted molar refractivity (Wildman–Crippen MR) is 222 cm³/mol. The van der Waals surface area contributed by atoms with Crippen LogP contribution in [0.1, 0.15) is 76.7 Å². The fourth-order valence-corrected chi connectivity index (χ4v) is 9.37. The average Bonchev–Trinajstić information content (AvgIpc) is 4.10. The summed E-state index contributed by atoms with van der Waals surface area (Å²) in [6.45, 7) is 6.13. The first-order valence-corrected chi connectivity index (χ1v) is 20.3. The summed E-state index contributed by atoms with van der Waals surface area (Å²) < 4.78 is 9.50. The van der Waals surface area contributed by atoms with Crippen LogP contribution < -0.4 is 10.6 Å². The van der Waals surface area contributed by atoms with Crippen LogP contribution in [0.15, 0.2) is 78.1 Å². The van der Waals surface area contributed by atoms with Crippen molar-refractivity contribution in [2.24, 2.45) is 16.8 Å². The van der Waals surface area contributed by atoms with Gasteiger partial charge in [-0.25, -0.2) is 14.6 Å². The minimum absolute atomic E-state index is 0.0548. The van der Waals surface area contributed by atoms with Gasteiger partial charge < -0.3 is 34.9 Å². The van der Waals surface area contributed by atoms with Gasteiger partial charge in [-0.1, -0.05) is 62.4 Å². The maximum atomic E-state index is 13.6. The van der Waals surface area contributed by atoms with E-state index >= 15 is 0 Å². The summed E-state index contributed by atoms with van der Waals surface area (Å²) >= 11 is 0. The molecule has 0 radical (unpaired) electrons. The molecule has 8 rings (SSSR count). The molecule has 2 bridgehead atoms. The highest BCUT2D eigenvalue weighted by Gasteiger charge is 2.51. The molecule has 0 unspecified atom stereocenters. The highest BCUT2D eigenvalue weighted by atomic mass is 16.5. The number of ether oxygens (including phenoxy) is 2. The Hall–Kier alpha value is -5.98. The Kier molecular flexibility index (Phi) is 10.8. The molecule has 4 heterocycles. The first kappa shape index (κ1) is 38.9. The number of allylic oxidation sites excluding steroid dienone is 1. The number of methoxy groups -OCH3 is 2. The van der Waals surface area contributed by atoms with Crippen LogP contribution in [0.5, 0.6) is 0 Å². The molecule has 3 N–H and O–H groups in total. The molecule has 6 atom stereocenters. The van der Waals surface area contributed by atoms with Crippen LogP contribution in [0.4, 0.5) is 9.59 Å². The van der Waals surface area contributed by atoms with E-state index in [1.165, 1.54) is 14.2 Å². The number of nitrogens with one attached hydrogen (secondary N) is 3. The van der Waals surface area contributed by atoms with E-state index in [1.54, 1.807) is 6.92 Å². The number of piperidine rings is 1. The van der Waals surface area contributed by atoms with E-state index in [4.69, 9.17) is 19.5 Å². The molecule has 0 spiro atoms. The zero-order chi connectivity index (χ0) is 40.7. The van der Waals surface area contributed by atoms with Gasteiger partial charge in [0.05, 0.1) is 38.2 Å². The number of alkyl carbamates (subject to hydrolysis) is 2. The number of aromatic nitrogens is 2. The van der Waals surface area contributed by atoms with E-state index in [0.717, 1.165) is 87.9 Å². The molecule has 4 amide bonds. The Balaban J connectivity index is 0.921. The summed E-state index contributed by atoms with van der Waals surface area (Å²) in [5.41, 5.74) is 7.35. The minimum Gasteiger partial charge on any atom is -0.453 e. The van der Waals surface area contributed by atoms with Crippen LogP contribution in [0, 0.1) is 11.8 Å². The van der Waals surface area contributed by atoms with Gasteiger partial charge in [0.15, 0.2) is 0 Å². The molecule has 1 aliphatic carbocycles. The normalized spacial score (nSPS) is 22.2. The fraction of sp³-hybridized carbons (Fsp3) is 0.422. The quantitative estimate of drug-likeness (QED) is 0.153. The number of amides is 4. The first-order valence-electron chi connectivity index (χ1n) is 20.3. The lowest BCUT2D eigenvalue weighted by atomic mass is 9.90. The van der Waals surface area contributed by atoms with E-state index in [9.17, 15) is 19.2 Å². The lowest BCUT2D eigenvalue weighted by molar-refractivity contribution is -0.136. The summed E-state index contributed by atoms with van der Waals surface area (Å²) in [7, 11) is 2.59. The number of carbonyl (C=O) groups excluding carboxylic acids is 4. The Morgan fingerprint density at radius 2 is 1.48 bits per heavy atom. The van der Waals surface area contributed by atoms with E-state index < -0.39 is 24.3 Å². The van der Waals surface area contributed by atoms with Gasteiger partial charge >= 0.3 is 12.2 Å². The second-order valence-corrected chi connectivity index (χ2v) is 16.3. The lowest BCUT2D eigenvalue weighted by Gasteiger charge is -2.37. The van der Waals surface area contributed by atoms with E-state index in [2.05, 4.69) is 76.3 Å². The van der Waals surface area contributed by atoms with E-state index in [1.807, 2.05) is 36.0 Å². The number of carbonyl (C=O) groups is 4. The third-order valence-corrected chi connectivity index (χ3v) is 12.4. The number of hydrogen-bond acceptors (Lipinski definition) is 8. The molecule has 4 aliphatic rings. The molecule has 13 heteroatoms. The van der Waals surface area contributed by atoms with Crippen LogP contribution in [0.25, 0.3) is 38.7 Å². The number of H-pyrrole nitrogens is 1. The summed E-state index contributed by atoms with van der Waals surface area (Å²) in [5, 5.41) is 7.62. The van der Waals surface area contributed by atoms with Crippen molar-refractivity contribution >= 4 is 46.1 Å². The zero-order valence-electron chi connectivity index (χ0n) is 33.7. The number of benzene rings is 3. The molecule has 3 aromatic carbocycles. The third-order valence-electron chi connectivity index (χ3n) is 12.4. The maximum Gasteiger partial charge on any atom is 0.407 e. The van der Waals surface area contributed by atoms with Crippen LogP contribution >= 0.6 is 0 Å². The predicted octanol–water partition coefficient (Wildman–Crippen LogP) is 7.25. The number of imidazole rings is 1. The zero-order valence-corrected chi connectivity index (χ0v) is 33.7. The second-order valence-electron chi connectivity index (χ2n) is 16.3. The first-order chi connectivity index (χ1) is 28.0. The van der Waals surface area contributed by atoms with Gasteiger partial charge in [0.2, 0.25) is 11.8 Å². The summed E-state index contributed by atoms with van der Waals surface area (Å²) in [5.74, 6) is 0.799. The number of nitrogens with zero attached hydrogens (tertiary/aromatic N) is 4. The van der Waals surface area contributed by atoms with Gasteiger partial charge in [0.1, 0.15) is 17.9 Å². The van der Waals surface area contributed by atoms with Gasteiger partial charge in [-0.2, -0.15) is 0 Å². The van der Waals surface area contributed by atoms with Crippen molar-refractivity contribution in [2.45, 2.75) is 89.5 Å². The average molecular weight is 786 g/mol. The molecule has 2 saturated heterocycles. The summed E-state index contributed by atoms with van der Waals surface area (Å²) in [6, 6.07) is 20.0. The second kappa shape index (κ2) is 16.1. The molecule has 13 nitrogen and oxygen atoms in total. The SMILES string of the molecule is COC(=O)N[C@@H](C)C(=O)N1[C@@H]2CC[C@@H](C2)[C@H]1C1=NC=C(c2ccc3cc(-c4ccc(-c5cnc([C@@H]6CCCN6C(=O)[C@@H](NC(=O)OC)C(C)C)[nH]5)cc4)ccc3c2)C1. The summed E-state index contributed by atoms with van der Waals surface area (Å²) in [4.78, 5) is 67.8. The smallest absolute Gasteiger partial charge is 0.407 e. The molecule has 58 heavy (non-hydrogen) atoms. The van der Waals surface area contributed by atoms with Crippen molar-refractivity contribution in [1.82, 2.24) is 30.4 Å². The Morgan fingerprint density at radius 3 is 2.21 bits per heavy atom. The standard InChI is InChI=1S/C45H51N7O6/c1-25(2)39(50-45(56)58-5)43(54)51-18-6-7-38(51)41-47-24-37(49-41)28-10-8-27(9-11-28)29-12-13-31-20-32(15-14-30(31)19-29)34-22-36(46-23-34)40-33-16-17-35(21-33)52(40)42(53)26(3)48-44(55)57-4/h8-15,19-20,23-26,33,35,38-40H,6-7,16-18,21-22H2,1-5H3,(H,47,49)(H,48,55)(H,50,56)/t26-,33-,35+,38-,39-,40-/m0/s1. The molecule has 1 aromatic heterocycles. The maximum absolute atomic E-state index is 13.6. The minimum atomic E-state index is -0.683. The van der Waals surface area contributed by atoms with Crippen LogP contribution in [0.2, 0.25) is 0 Å². The number of hydrogen-bond donors (Lipinski definition) is 3. The van der Waals surface area contributed by atoms with Gasteiger partial charge in [0.25, 0.3) is 0 Å². The van der Waals surface area contributed by atoms with Crippen molar-refractivity contribution in [2.75, 3.05) is 20.8 Å². The monoisotopic (exact) mass is 785 g/mol. The number of aliphatic imine (C=N–C) groups is 1. The largest absolute Gasteiger partial charge is 0.453 e. The van der Waals surface area contributed by atoms with Crippen LogP contribution in [0.3, 0.4) is 0 Å². The van der Waals surface area contributed by atoms with Gasteiger partial charge in [-0.05, 0) is 102 Å². The Morgan fingerprint density at radius 1 is 0.810 bits per heavy atom. The fourth-order valence-electron chi connectivity index (χ4n) is 9.37. The van der Waals surface area contributed by atoms with E-state index in [0.29, 0.717) is 18.9 Å². The van der Waals surface area contributed by atoms with Gasteiger partial charge in [-0.15, -0.1) is 0 Å². The highest BCUT2D eigenvalue weighted by Crippen LogP contribution is 2.45. The molecule has 3 fully saturated rings. The molecular formula is C45H51N7O6. The number of likely N-dealkylation sites (tertiary alicyclic amines) is 2. The van der Waals surface area contributed by atoms with Crippen molar-refractivity contribution in [3.63, 3.8) is 0 Å². The van der Waals surface area contributed by atoms with Crippen LogP contribution in [-0.2, 0) is 19.1 Å². The molecule has 4 aromatic rings. The number of rotatable bonds is 10. The lowest BCUT2D eigenvalue weighted by Crippen LogP contribution is -2.55. The van der Waals surface area contributed by atoms with Gasteiger partial charge in [0, 0.05) is 30.9 Å². The number of aromatic amines is 1. The Bertz CT molecular complexity index is 2300. The molecule has 1 saturated carbocycles. The van der Waals surface area contributed by atoms with Gasteiger partial charge in [-0.3, -0.25) is 14.6 Å². The Labute approximate surface area is 338 Å². The molecule has 3 aliphatic heterocycles. The van der Waals surface area contributed by atoms with Crippen molar-refractivity contribution < 1.29 is 28.7 Å². The van der Waals surface area contributed by atoms with E-state index in [-0.39, 0.29) is 35.9 Å². The summed E-state index contributed by atoms with van der Waals surface area (Å²) in [6.07, 6.45) is 7.92. The topological polar surface area (TPSA) is 158 Å².